The van der Waals surface area contributed by atoms with Crippen molar-refractivity contribution in [3.05, 3.63) is 99.3 Å². The first-order chi connectivity index (χ1) is 17.0. The summed E-state index contributed by atoms with van der Waals surface area (Å²) in [6.07, 6.45) is 2.52. The summed E-state index contributed by atoms with van der Waals surface area (Å²) in [5.74, 6) is 0.888. The molecule has 0 unspecified atom stereocenters. The number of hydrogen-bond donors (Lipinski definition) is 1. The van der Waals surface area contributed by atoms with E-state index in [1.165, 1.54) is 0 Å². The summed E-state index contributed by atoms with van der Waals surface area (Å²) >= 11 is 12.9. The molecule has 0 spiro atoms. The molecule has 1 saturated heterocycles. The van der Waals surface area contributed by atoms with Gasteiger partial charge in [-0.2, -0.15) is 0 Å². The van der Waals surface area contributed by atoms with Crippen LogP contribution in [0.2, 0.25) is 10.0 Å². The largest absolute Gasteiger partial charge is 0.349 e. The van der Waals surface area contributed by atoms with Crippen molar-refractivity contribution in [3.63, 3.8) is 0 Å². The molecule has 180 valence electrons. The number of likely N-dealkylation sites (tertiary alicyclic amines) is 1. The molecule has 2 heterocycles. The molecule has 0 radical (unpaired) electrons. The minimum absolute atomic E-state index is 0.00626. The Kier molecular flexibility index (Phi) is 7.09. The topological polar surface area (TPSA) is 50.2 Å². The van der Waals surface area contributed by atoms with E-state index in [1.807, 2.05) is 60.7 Å². The number of piperidine rings is 1. The quantitative estimate of drug-likeness (QED) is 0.359. The molecule has 3 aromatic carbocycles. The van der Waals surface area contributed by atoms with E-state index in [4.69, 9.17) is 28.2 Å². The molecule has 1 amide bonds. The number of nitrogens with one attached hydrogen (secondary N) is 1. The fourth-order valence-electron chi connectivity index (χ4n) is 4.66. The number of para-hydroxylation sites is 2. The number of imidazole rings is 1. The highest BCUT2D eigenvalue weighted by Crippen LogP contribution is 2.28. The summed E-state index contributed by atoms with van der Waals surface area (Å²) in [6, 6.07) is 21.7. The molecule has 0 bridgehead atoms. The normalized spacial score (nSPS) is 14.9. The van der Waals surface area contributed by atoms with Gasteiger partial charge in [0, 0.05) is 34.6 Å². The third kappa shape index (κ3) is 5.37. The highest BCUT2D eigenvalue weighted by molar-refractivity contribution is 6.36. The number of amides is 1. The van der Waals surface area contributed by atoms with Crippen LogP contribution in [0.3, 0.4) is 0 Å². The Morgan fingerprint density at radius 2 is 1.66 bits per heavy atom. The molecule has 4 aromatic rings. The highest BCUT2D eigenvalue weighted by Gasteiger charge is 2.19. The molecule has 0 aliphatic carbocycles. The first kappa shape index (κ1) is 23.9. The Morgan fingerprint density at radius 1 is 0.971 bits per heavy atom. The van der Waals surface area contributed by atoms with Gasteiger partial charge in [-0.15, -0.1) is 0 Å². The minimum Gasteiger partial charge on any atom is -0.349 e. The van der Waals surface area contributed by atoms with Crippen molar-refractivity contribution in [3.8, 4) is 0 Å². The smallest absolute Gasteiger partial charge is 0.251 e. The van der Waals surface area contributed by atoms with E-state index in [-0.39, 0.29) is 11.9 Å². The van der Waals surface area contributed by atoms with Crippen LogP contribution in [0.25, 0.3) is 11.0 Å². The van der Waals surface area contributed by atoms with Crippen molar-refractivity contribution in [2.45, 2.75) is 31.8 Å². The summed E-state index contributed by atoms with van der Waals surface area (Å²) in [4.78, 5) is 19.9. The molecule has 1 aromatic heterocycles. The lowest BCUT2D eigenvalue weighted by molar-refractivity contribution is 0.0917. The monoisotopic (exact) mass is 506 g/mol. The summed E-state index contributed by atoms with van der Waals surface area (Å²) in [7, 11) is 2.12. The molecule has 5 rings (SSSR count). The Morgan fingerprint density at radius 3 is 2.37 bits per heavy atom. The lowest BCUT2D eigenvalue weighted by atomic mass is 10.0. The summed E-state index contributed by atoms with van der Waals surface area (Å²) in [6.45, 7) is 2.67. The number of carbonyl (C=O) groups excluding carboxylic acids is 1. The first-order valence-electron chi connectivity index (χ1n) is 11.9. The second kappa shape index (κ2) is 10.4. The van der Waals surface area contributed by atoms with Crippen molar-refractivity contribution < 1.29 is 4.79 Å². The van der Waals surface area contributed by atoms with Gasteiger partial charge in [-0.1, -0.05) is 53.5 Å². The molecular formula is C28H28Cl2N4O. The van der Waals surface area contributed by atoms with Gasteiger partial charge in [-0.25, -0.2) is 4.98 Å². The Bertz CT molecular complexity index is 1320. The van der Waals surface area contributed by atoms with Gasteiger partial charge in [0.1, 0.15) is 5.82 Å². The number of rotatable bonds is 6. The Labute approximate surface area is 215 Å². The lowest BCUT2D eigenvalue weighted by Gasteiger charge is -2.29. The molecular weight excluding hydrogens is 479 g/mol. The second-order valence-electron chi connectivity index (χ2n) is 9.23. The fraction of sp³-hybridized carbons (Fsp3) is 0.286. The number of aromatic nitrogens is 2. The molecule has 5 nitrogen and oxygen atoms in total. The molecule has 1 fully saturated rings. The zero-order chi connectivity index (χ0) is 24.4. The van der Waals surface area contributed by atoms with Gasteiger partial charge in [0.2, 0.25) is 0 Å². The molecule has 1 aliphatic heterocycles. The maximum absolute atomic E-state index is 12.8. The van der Waals surface area contributed by atoms with Crippen LogP contribution in [0.4, 0.5) is 0 Å². The number of fused-ring (bicyclic) bond motifs is 1. The molecule has 0 saturated carbocycles. The zero-order valence-corrected chi connectivity index (χ0v) is 21.2. The summed E-state index contributed by atoms with van der Waals surface area (Å²) < 4.78 is 2.20. The molecule has 1 N–H and O–H groups in total. The van der Waals surface area contributed by atoms with Crippen LogP contribution in [0.15, 0.2) is 66.7 Å². The third-order valence-electron chi connectivity index (χ3n) is 6.74. The van der Waals surface area contributed by atoms with Gasteiger partial charge >= 0.3 is 0 Å². The van der Waals surface area contributed by atoms with Crippen molar-refractivity contribution in [1.82, 2.24) is 19.8 Å². The summed E-state index contributed by atoms with van der Waals surface area (Å²) in [5, 5.41) is 4.46. The van der Waals surface area contributed by atoms with Gasteiger partial charge in [-0.3, -0.25) is 4.79 Å². The van der Waals surface area contributed by atoms with Crippen LogP contribution in [0, 0.1) is 0 Å². The molecule has 7 heteroatoms. The van der Waals surface area contributed by atoms with Gasteiger partial charge in [-0.05, 0) is 80.5 Å². The van der Waals surface area contributed by atoms with E-state index in [0.29, 0.717) is 28.6 Å². The van der Waals surface area contributed by atoms with E-state index in [9.17, 15) is 4.79 Å². The van der Waals surface area contributed by atoms with Crippen LogP contribution in [0.1, 0.15) is 40.2 Å². The van der Waals surface area contributed by atoms with Crippen molar-refractivity contribution in [2.24, 2.45) is 0 Å². The van der Waals surface area contributed by atoms with Crippen LogP contribution < -0.4 is 5.32 Å². The van der Waals surface area contributed by atoms with Gasteiger partial charge in [0.25, 0.3) is 5.91 Å². The van der Waals surface area contributed by atoms with Crippen molar-refractivity contribution in [1.29, 1.82) is 0 Å². The number of benzene rings is 3. The number of halogens is 2. The number of carbonyl (C=O) groups is 1. The van der Waals surface area contributed by atoms with Crippen LogP contribution in [-0.2, 0) is 13.0 Å². The van der Waals surface area contributed by atoms with Crippen molar-refractivity contribution >= 4 is 40.1 Å². The molecule has 1 aliphatic rings. The highest BCUT2D eigenvalue weighted by atomic mass is 35.5. The van der Waals surface area contributed by atoms with E-state index >= 15 is 0 Å². The standard InChI is InChI=1S/C28H28Cl2N4O/c1-33-15-13-21(14-16-33)31-28(35)20-11-9-19(10-12-20)18-34-26-8-3-2-7-25(26)32-27(34)17-22-23(29)5-4-6-24(22)30/h2-12,21H,13-18H2,1H3,(H,31,35). The molecule has 35 heavy (non-hydrogen) atoms. The zero-order valence-electron chi connectivity index (χ0n) is 19.7. The average Bonchev–Trinajstić information content (AvgIpc) is 3.20. The van der Waals surface area contributed by atoms with E-state index < -0.39 is 0 Å². The number of hydrogen-bond acceptors (Lipinski definition) is 3. The predicted octanol–water partition coefficient (Wildman–Crippen LogP) is 5.81. The maximum Gasteiger partial charge on any atom is 0.251 e. The SMILES string of the molecule is CN1CCC(NC(=O)c2ccc(Cn3c(Cc4c(Cl)cccc4Cl)nc4ccccc43)cc2)CC1. The minimum atomic E-state index is -0.00626. The van der Waals surface area contributed by atoms with Crippen LogP contribution in [-0.4, -0.2) is 46.5 Å². The number of nitrogens with zero attached hydrogens (tertiary/aromatic N) is 3. The fourth-order valence-corrected chi connectivity index (χ4v) is 5.19. The van der Waals surface area contributed by atoms with Crippen LogP contribution in [0.5, 0.6) is 0 Å². The molecule has 0 atom stereocenters. The predicted molar refractivity (Wildman–Crippen MR) is 143 cm³/mol. The maximum atomic E-state index is 12.8. The first-order valence-corrected chi connectivity index (χ1v) is 12.7. The van der Waals surface area contributed by atoms with Gasteiger partial charge in [0.05, 0.1) is 11.0 Å². The van der Waals surface area contributed by atoms with Crippen molar-refractivity contribution in [2.75, 3.05) is 20.1 Å². The Balaban J connectivity index is 1.36. The lowest BCUT2D eigenvalue weighted by Crippen LogP contribution is -2.43. The van der Waals surface area contributed by atoms with E-state index in [0.717, 1.165) is 53.9 Å². The van der Waals surface area contributed by atoms with E-state index in [2.05, 4.69) is 27.9 Å². The Hall–Kier alpha value is -2.86. The average molecular weight is 507 g/mol. The third-order valence-corrected chi connectivity index (χ3v) is 7.45. The summed E-state index contributed by atoms with van der Waals surface area (Å²) in [5.41, 5.74) is 4.63. The van der Waals surface area contributed by atoms with E-state index in [1.54, 1.807) is 0 Å². The van der Waals surface area contributed by atoms with Crippen LogP contribution >= 0.6 is 23.2 Å². The van der Waals surface area contributed by atoms with Gasteiger partial charge in [0.15, 0.2) is 0 Å². The second-order valence-corrected chi connectivity index (χ2v) is 10.0. The van der Waals surface area contributed by atoms with Gasteiger partial charge < -0.3 is 14.8 Å².